The summed E-state index contributed by atoms with van der Waals surface area (Å²) in [5, 5.41) is 0.0263. The van der Waals surface area contributed by atoms with E-state index in [2.05, 4.69) is 19.6 Å². The van der Waals surface area contributed by atoms with Crippen LogP contribution in [-0.4, -0.2) is 5.12 Å². The van der Waals surface area contributed by atoms with Gasteiger partial charge in [0.05, 0.1) is 0 Å². The molecule has 0 spiro atoms. The molecule has 108 valence electrons. The van der Waals surface area contributed by atoms with Crippen molar-refractivity contribution >= 4 is 17.7 Å². The van der Waals surface area contributed by atoms with Gasteiger partial charge < -0.3 is 0 Å². The van der Waals surface area contributed by atoms with Gasteiger partial charge in [0, 0.05) is 5.41 Å². The maximum atomic E-state index is 11.2. The van der Waals surface area contributed by atoms with Gasteiger partial charge in [0.1, 0.15) is 0 Å². The summed E-state index contributed by atoms with van der Waals surface area (Å²) in [4.78, 5) is 11.2. The van der Waals surface area contributed by atoms with Crippen LogP contribution in [0.2, 0.25) is 0 Å². The molecule has 0 unspecified atom stereocenters. The highest BCUT2D eigenvalue weighted by molar-refractivity contribution is 7.96. The molecule has 0 aromatic carbocycles. The first-order valence-corrected chi connectivity index (χ1v) is 8.19. The van der Waals surface area contributed by atoms with Crippen molar-refractivity contribution in [2.45, 2.75) is 91.4 Å². The Labute approximate surface area is 120 Å². The zero-order valence-electron chi connectivity index (χ0n) is 12.6. The SMILES string of the molecule is CCCCCCCCCCCCC(C)(C)C(=O)S. The average Bonchev–Trinajstić information content (AvgIpc) is 2.31. The summed E-state index contributed by atoms with van der Waals surface area (Å²) >= 11 is 3.94. The van der Waals surface area contributed by atoms with Crippen molar-refractivity contribution in [1.82, 2.24) is 0 Å². The zero-order chi connectivity index (χ0) is 13.9. The minimum atomic E-state index is -0.233. The standard InChI is InChI=1S/C16H32OS/c1-4-5-6-7-8-9-10-11-12-13-14-16(2,3)15(17)18/h4-14H2,1-3H3,(H,17,18). The zero-order valence-corrected chi connectivity index (χ0v) is 13.5. The molecule has 0 aromatic heterocycles. The van der Waals surface area contributed by atoms with Crippen molar-refractivity contribution in [2.24, 2.45) is 5.41 Å². The number of unbranched alkanes of at least 4 members (excludes halogenated alkanes) is 9. The molecule has 0 fully saturated rings. The molecule has 2 heteroatoms. The lowest BCUT2D eigenvalue weighted by Crippen LogP contribution is -2.19. The normalized spacial score (nSPS) is 11.8. The summed E-state index contributed by atoms with van der Waals surface area (Å²) in [6.45, 7) is 6.25. The Kier molecular flexibility index (Phi) is 10.9. The van der Waals surface area contributed by atoms with E-state index in [9.17, 15) is 4.79 Å². The van der Waals surface area contributed by atoms with E-state index in [4.69, 9.17) is 0 Å². The van der Waals surface area contributed by atoms with Gasteiger partial charge in [-0.1, -0.05) is 85.0 Å². The molecule has 0 aliphatic rings. The van der Waals surface area contributed by atoms with E-state index in [1.165, 1.54) is 57.8 Å². The molecule has 0 saturated heterocycles. The maximum absolute atomic E-state index is 11.2. The molecule has 0 heterocycles. The van der Waals surface area contributed by atoms with Crippen LogP contribution >= 0.6 is 12.6 Å². The summed E-state index contributed by atoms with van der Waals surface area (Å²) in [6.07, 6.45) is 14.4. The molecular formula is C16H32OS. The van der Waals surface area contributed by atoms with Crippen LogP contribution in [0.3, 0.4) is 0 Å². The van der Waals surface area contributed by atoms with E-state index in [0.717, 1.165) is 12.8 Å². The molecule has 0 aromatic rings. The predicted molar refractivity (Wildman–Crippen MR) is 84.2 cm³/mol. The third-order valence-electron chi connectivity index (χ3n) is 3.73. The molecular weight excluding hydrogens is 240 g/mol. The average molecular weight is 272 g/mol. The van der Waals surface area contributed by atoms with Crippen molar-refractivity contribution in [1.29, 1.82) is 0 Å². The van der Waals surface area contributed by atoms with Gasteiger partial charge >= 0.3 is 0 Å². The first kappa shape index (κ1) is 18.0. The number of thiol groups is 1. The number of hydrogen-bond acceptors (Lipinski definition) is 1. The van der Waals surface area contributed by atoms with E-state index >= 15 is 0 Å². The number of carbonyl (C=O) groups excluding carboxylic acids is 1. The second-order valence-corrected chi connectivity index (χ2v) is 6.53. The number of carbonyl (C=O) groups is 1. The van der Waals surface area contributed by atoms with Crippen LogP contribution in [0.25, 0.3) is 0 Å². The van der Waals surface area contributed by atoms with E-state index < -0.39 is 0 Å². The van der Waals surface area contributed by atoms with Gasteiger partial charge in [0.25, 0.3) is 0 Å². The van der Waals surface area contributed by atoms with Crippen molar-refractivity contribution in [3.05, 3.63) is 0 Å². The third kappa shape index (κ3) is 9.99. The fourth-order valence-corrected chi connectivity index (χ4v) is 2.27. The highest BCUT2D eigenvalue weighted by Crippen LogP contribution is 2.26. The fraction of sp³-hybridized carbons (Fsp3) is 0.938. The summed E-state index contributed by atoms with van der Waals surface area (Å²) in [5.41, 5.74) is -0.233. The molecule has 0 N–H and O–H groups in total. The van der Waals surface area contributed by atoms with E-state index in [1.54, 1.807) is 0 Å². The van der Waals surface area contributed by atoms with Crippen molar-refractivity contribution in [3.8, 4) is 0 Å². The Hall–Kier alpha value is 0.0200. The van der Waals surface area contributed by atoms with Crippen LogP contribution in [0.5, 0.6) is 0 Å². The van der Waals surface area contributed by atoms with Gasteiger partial charge in [-0.2, -0.15) is 0 Å². The van der Waals surface area contributed by atoms with E-state index in [-0.39, 0.29) is 10.5 Å². The highest BCUT2D eigenvalue weighted by Gasteiger charge is 2.23. The quantitative estimate of drug-likeness (QED) is 0.352. The van der Waals surface area contributed by atoms with E-state index in [1.807, 2.05) is 13.8 Å². The Morgan fingerprint density at radius 2 is 1.22 bits per heavy atom. The summed E-state index contributed by atoms with van der Waals surface area (Å²) in [6, 6.07) is 0. The Balaban J connectivity index is 3.24. The summed E-state index contributed by atoms with van der Waals surface area (Å²) in [7, 11) is 0. The van der Waals surface area contributed by atoms with Crippen LogP contribution in [-0.2, 0) is 4.79 Å². The summed E-state index contributed by atoms with van der Waals surface area (Å²) in [5.74, 6) is 0. The van der Waals surface area contributed by atoms with E-state index in [0.29, 0.717) is 0 Å². The van der Waals surface area contributed by atoms with Gasteiger partial charge in [-0.3, -0.25) is 4.79 Å². The van der Waals surface area contributed by atoms with Gasteiger partial charge in [0.15, 0.2) is 5.12 Å². The minimum absolute atomic E-state index is 0.0263. The summed E-state index contributed by atoms with van der Waals surface area (Å²) < 4.78 is 0. The van der Waals surface area contributed by atoms with Crippen molar-refractivity contribution in [3.63, 3.8) is 0 Å². The minimum Gasteiger partial charge on any atom is -0.287 e. The second kappa shape index (κ2) is 10.9. The lowest BCUT2D eigenvalue weighted by atomic mass is 9.88. The lowest BCUT2D eigenvalue weighted by Gasteiger charge is -2.19. The smallest absolute Gasteiger partial charge is 0.191 e. The highest BCUT2D eigenvalue weighted by atomic mass is 32.1. The molecule has 18 heavy (non-hydrogen) atoms. The Bertz CT molecular complexity index is 211. The Morgan fingerprint density at radius 1 is 0.833 bits per heavy atom. The molecule has 0 bridgehead atoms. The number of hydrogen-bond donors (Lipinski definition) is 1. The lowest BCUT2D eigenvalue weighted by molar-refractivity contribution is -0.118. The number of rotatable bonds is 12. The van der Waals surface area contributed by atoms with Gasteiger partial charge in [-0.05, 0) is 6.42 Å². The topological polar surface area (TPSA) is 17.1 Å². The largest absolute Gasteiger partial charge is 0.287 e. The first-order chi connectivity index (χ1) is 8.50. The first-order valence-electron chi connectivity index (χ1n) is 7.74. The van der Waals surface area contributed by atoms with Gasteiger partial charge in [-0.25, -0.2) is 0 Å². The van der Waals surface area contributed by atoms with Crippen LogP contribution in [0.4, 0.5) is 0 Å². The molecule has 0 aliphatic carbocycles. The van der Waals surface area contributed by atoms with Crippen molar-refractivity contribution < 1.29 is 4.79 Å². The van der Waals surface area contributed by atoms with Gasteiger partial charge in [0.2, 0.25) is 0 Å². The monoisotopic (exact) mass is 272 g/mol. The van der Waals surface area contributed by atoms with Crippen LogP contribution < -0.4 is 0 Å². The van der Waals surface area contributed by atoms with Gasteiger partial charge in [-0.15, -0.1) is 12.6 Å². The van der Waals surface area contributed by atoms with Crippen LogP contribution in [0.15, 0.2) is 0 Å². The van der Waals surface area contributed by atoms with Crippen LogP contribution in [0, 0.1) is 5.41 Å². The molecule has 0 radical (unpaired) electrons. The third-order valence-corrected chi connectivity index (χ3v) is 4.34. The van der Waals surface area contributed by atoms with Crippen LogP contribution in [0.1, 0.15) is 91.4 Å². The molecule has 0 aliphatic heterocycles. The predicted octanol–water partition coefficient (Wildman–Crippen LogP) is 5.78. The maximum Gasteiger partial charge on any atom is 0.191 e. The molecule has 0 saturated carbocycles. The molecule has 0 rings (SSSR count). The molecule has 1 nitrogen and oxygen atoms in total. The Morgan fingerprint density at radius 3 is 1.61 bits per heavy atom. The second-order valence-electron chi connectivity index (χ2n) is 6.12. The van der Waals surface area contributed by atoms with Crippen molar-refractivity contribution in [2.75, 3.05) is 0 Å². The molecule has 0 amide bonds. The molecule has 0 atom stereocenters. The fourth-order valence-electron chi connectivity index (χ4n) is 2.16.